The van der Waals surface area contributed by atoms with Crippen molar-refractivity contribution in [2.45, 2.75) is 6.54 Å². The quantitative estimate of drug-likeness (QED) is 0.606. The molecule has 1 aliphatic heterocycles. The van der Waals surface area contributed by atoms with E-state index < -0.39 is 5.63 Å². The molecule has 1 aliphatic rings. The normalized spacial score (nSPS) is 12.4. The van der Waals surface area contributed by atoms with Gasteiger partial charge in [0, 0.05) is 32.3 Å². The Morgan fingerprint density at radius 2 is 1.85 bits per heavy atom. The van der Waals surface area contributed by atoms with Gasteiger partial charge in [0.15, 0.2) is 0 Å². The number of nitrogens with zero attached hydrogens (tertiary/aromatic N) is 2. The van der Waals surface area contributed by atoms with Gasteiger partial charge in [-0.3, -0.25) is 4.99 Å². The summed E-state index contributed by atoms with van der Waals surface area (Å²) in [5, 5.41) is 10.2. The number of aliphatic imine (C=N–C) groups is 1. The number of hydrogen-bond donors (Lipinski definition) is 0. The fourth-order valence-electron chi connectivity index (χ4n) is 2.98. The van der Waals surface area contributed by atoms with Gasteiger partial charge in [-0.1, -0.05) is 41.4 Å². The van der Waals surface area contributed by atoms with Gasteiger partial charge in [0.25, 0.3) is 0 Å². The second-order valence-corrected chi connectivity index (χ2v) is 6.59. The van der Waals surface area contributed by atoms with E-state index in [4.69, 9.17) is 32.9 Å². The van der Waals surface area contributed by atoms with Crippen LogP contribution in [-0.4, -0.2) is 5.71 Å². The lowest BCUT2D eigenvalue weighted by atomic mass is 9.95. The van der Waals surface area contributed by atoms with Gasteiger partial charge in [0.2, 0.25) is 0 Å². The second-order valence-electron chi connectivity index (χ2n) is 5.75. The van der Waals surface area contributed by atoms with E-state index >= 15 is 0 Å². The van der Waals surface area contributed by atoms with E-state index in [1.54, 1.807) is 24.3 Å². The van der Waals surface area contributed by atoms with Gasteiger partial charge in [-0.05, 0) is 30.3 Å². The van der Waals surface area contributed by atoms with Crippen molar-refractivity contribution in [2.24, 2.45) is 4.99 Å². The van der Waals surface area contributed by atoms with Crippen LogP contribution in [-0.2, 0) is 6.54 Å². The third kappa shape index (κ3) is 2.72. The molecule has 126 valence electrons. The topological polar surface area (TPSA) is 66.4 Å². The second kappa shape index (κ2) is 6.45. The third-order valence-corrected chi connectivity index (χ3v) is 4.73. The van der Waals surface area contributed by atoms with Gasteiger partial charge in [0.1, 0.15) is 17.4 Å². The van der Waals surface area contributed by atoms with E-state index in [1.807, 2.05) is 24.3 Å². The van der Waals surface area contributed by atoms with Crippen LogP contribution in [0.1, 0.15) is 22.3 Å². The number of hydrogen-bond acceptors (Lipinski definition) is 4. The van der Waals surface area contributed by atoms with Crippen molar-refractivity contribution in [2.75, 3.05) is 0 Å². The Morgan fingerprint density at radius 1 is 1.04 bits per heavy atom. The van der Waals surface area contributed by atoms with Crippen molar-refractivity contribution in [1.29, 1.82) is 5.26 Å². The number of fused-ring (bicyclic) bond motifs is 3. The van der Waals surface area contributed by atoms with Crippen LogP contribution in [0, 0.1) is 11.3 Å². The number of rotatable bonds is 1. The summed E-state index contributed by atoms with van der Waals surface area (Å²) < 4.78 is 5.46. The van der Waals surface area contributed by atoms with Gasteiger partial charge in [-0.15, -0.1) is 0 Å². The highest BCUT2D eigenvalue weighted by Crippen LogP contribution is 2.35. The molecule has 0 N–H and O–H groups in total. The highest BCUT2D eigenvalue weighted by molar-refractivity contribution is 6.36. The lowest BCUT2D eigenvalue weighted by molar-refractivity contribution is 0.518. The Kier molecular flexibility index (Phi) is 4.12. The zero-order valence-electron chi connectivity index (χ0n) is 13.3. The van der Waals surface area contributed by atoms with Gasteiger partial charge in [-0.2, -0.15) is 5.26 Å². The zero-order chi connectivity index (χ0) is 18.3. The summed E-state index contributed by atoms with van der Waals surface area (Å²) in [7, 11) is 0. The first-order valence-corrected chi connectivity index (χ1v) is 8.51. The van der Waals surface area contributed by atoms with E-state index in [2.05, 4.69) is 4.99 Å². The van der Waals surface area contributed by atoms with Crippen molar-refractivity contribution in [3.05, 3.63) is 91.3 Å². The van der Waals surface area contributed by atoms with Crippen LogP contribution < -0.4 is 5.63 Å². The molecule has 6 heteroatoms. The minimum absolute atomic E-state index is 0.0457. The van der Waals surface area contributed by atoms with Crippen LogP contribution in [0.2, 0.25) is 10.0 Å². The van der Waals surface area contributed by atoms with Crippen LogP contribution in [0.25, 0.3) is 11.3 Å². The average Bonchev–Trinajstić information content (AvgIpc) is 2.78. The molecule has 26 heavy (non-hydrogen) atoms. The van der Waals surface area contributed by atoms with Crippen molar-refractivity contribution in [3.63, 3.8) is 0 Å². The molecule has 0 unspecified atom stereocenters. The summed E-state index contributed by atoms with van der Waals surface area (Å²) in [5.74, 6) is 0.395. The largest absolute Gasteiger partial charge is 0.421 e. The predicted molar refractivity (Wildman–Crippen MR) is 101 cm³/mol. The van der Waals surface area contributed by atoms with Crippen LogP contribution in [0.5, 0.6) is 0 Å². The standard InChI is InChI=1S/C20H10Cl2N2O2/c21-13-5-6-14-16(8-13)18(15-3-1-2-4-17(15)22)24-10-12-7-11(9-23)20(25)26-19(12)14/h1-8H,10H2. The average molecular weight is 381 g/mol. The minimum atomic E-state index is -0.673. The fraction of sp³-hybridized carbons (Fsp3) is 0.0500. The molecule has 4 rings (SSSR count). The highest BCUT2D eigenvalue weighted by atomic mass is 35.5. The fourth-order valence-corrected chi connectivity index (χ4v) is 3.38. The Bertz CT molecular complexity index is 1170. The van der Waals surface area contributed by atoms with E-state index in [9.17, 15) is 4.79 Å². The third-order valence-electron chi connectivity index (χ3n) is 4.16. The summed E-state index contributed by atoms with van der Waals surface area (Å²) in [5.41, 5.74) is 2.76. The van der Waals surface area contributed by atoms with Gasteiger partial charge in [0.05, 0.1) is 12.3 Å². The van der Waals surface area contributed by atoms with Crippen molar-refractivity contribution >= 4 is 28.9 Å². The first kappa shape index (κ1) is 16.6. The van der Waals surface area contributed by atoms with E-state index in [0.29, 0.717) is 32.6 Å². The maximum Gasteiger partial charge on any atom is 0.354 e. The zero-order valence-corrected chi connectivity index (χ0v) is 14.8. The van der Waals surface area contributed by atoms with Crippen LogP contribution in [0.15, 0.2) is 62.7 Å². The molecule has 0 saturated heterocycles. The molecule has 0 aliphatic carbocycles. The highest BCUT2D eigenvalue weighted by Gasteiger charge is 2.23. The number of nitriles is 1. The lowest BCUT2D eigenvalue weighted by Crippen LogP contribution is -2.07. The molecule has 1 aromatic heterocycles. The van der Waals surface area contributed by atoms with E-state index in [-0.39, 0.29) is 12.1 Å². The van der Waals surface area contributed by atoms with Gasteiger partial charge in [-0.25, -0.2) is 4.79 Å². The SMILES string of the molecule is N#Cc1cc2c(oc1=O)-c1ccc(Cl)cc1C(c1ccccc1Cl)=NC2. The van der Waals surface area contributed by atoms with Crippen LogP contribution in [0.4, 0.5) is 0 Å². The van der Waals surface area contributed by atoms with Gasteiger partial charge < -0.3 is 4.42 Å². The van der Waals surface area contributed by atoms with Crippen molar-refractivity contribution < 1.29 is 4.42 Å². The number of halogens is 2. The Morgan fingerprint density at radius 3 is 2.62 bits per heavy atom. The lowest BCUT2D eigenvalue weighted by Gasteiger charge is -2.12. The van der Waals surface area contributed by atoms with Gasteiger partial charge >= 0.3 is 5.63 Å². The Balaban J connectivity index is 2.04. The monoisotopic (exact) mass is 380 g/mol. The van der Waals surface area contributed by atoms with E-state index in [0.717, 1.165) is 11.1 Å². The molecule has 2 heterocycles. The van der Waals surface area contributed by atoms with Crippen molar-refractivity contribution in [3.8, 4) is 17.4 Å². The summed E-state index contributed by atoms with van der Waals surface area (Å²) >= 11 is 12.6. The first-order valence-electron chi connectivity index (χ1n) is 7.75. The van der Waals surface area contributed by atoms with E-state index in [1.165, 1.54) is 6.07 Å². The summed E-state index contributed by atoms with van der Waals surface area (Å²) in [6, 6.07) is 16.0. The molecule has 2 aromatic carbocycles. The summed E-state index contributed by atoms with van der Waals surface area (Å²) in [4.78, 5) is 16.7. The molecule has 0 radical (unpaired) electrons. The summed E-state index contributed by atoms with van der Waals surface area (Å²) in [6.45, 7) is 0.251. The summed E-state index contributed by atoms with van der Waals surface area (Å²) in [6.07, 6.45) is 0. The maximum atomic E-state index is 12.0. The molecule has 4 nitrogen and oxygen atoms in total. The first-order chi connectivity index (χ1) is 12.6. The maximum absolute atomic E-state index is 12.0. The molecule has 0 fully saturated rings. The molecular formula is C20H10Cl2N2O2. The molecule has 0 spiro atoms. The Hall–Kier alpha value is -2.87. The molecular weight excluding hydrogens is 371 g/mol. The van der Waals surface area contributed by atoms with Crippen LogP contribution in [0.3, 0.4) is 0 Å². The Labute approximate surface area is 158 Å². The molecule has 3 aromatic rings. The van der Waals surface area contributed by atoms with Crippen molar-refractivity contribution in [1.82, 2.24) is 0 Å². The molecule has 0 amide bonds. The molecule has 0 atom stereocenters. The smallest absolute Gasteiger partial charge is 0.354 e. The molecule has 0 bridgehead atoms. The molecule has 0 saturated carbocycles. The van der Waals surface area contributed by atoms with Crippen LogP contribution >= 0.6 is 23.2 Å². The predicted octanol–water partition coefficient (Wildman–Crippen LogP) is 4.84. The minimum Gasteiger partial charge on any atom is -0.421 e. The number of benzene rings is 2.